The van der Waals surface area contributed by atoms with E-state index >= 15 is 0 Å². The van der Waals surface area contributed by atoms with E-state index in [9.17, 15) is 69.6 Å². The molecule has 0 heterocycles. The topological polar surface area (TPSA) is 403 Å². The van der Waals surface area contributed by atoms with Crippen LogP contribution in [0, 0.1) is 10.8 Å². The van der Waals surface area contributed by atoms with E-state index in [-0.39, 0.29) is 104 Å². The van der Waals surface area contributed by atoms with Crippen molar-refractivity contribution in [3.8, 4) is 0 Å². The molecule has 0 saturated heterocycles. The number of carbonyl (C=O) groups is 6. The van der Waals surface area contributed by atoms with Crippen molar-refractivity contribution in [3.05, 3.63) is 0 Å². The summed E-state index contributed by atoms with van der Waals surface area (Å²) in [6.45, 7) is 18.7. The molecule has 8 N–H and O–H groups in total. The van der Waals surface area contributed by atoms with Gasteiger partial charge in [-0.1, -0.05) is 69.2 Å². The molecule has 0 bridgehead atoms. The van der Waals surface area contributed by atoms with Crippen LogP contribution < -0.4 is 30.6 Å². The minimum Gasteiger partial charge on any atom is -0.550 e. The molecule has 2 atom stereocenters. The van der Waals surface area contributed by atoms with Crippen LogP contribution in [-0.2, 0) is 107 Å². The zero-order valence-electron chi connectivity index (χ0n) is 37.7. The van der Waals surface area contributed by atoms with Crippen LogP contribution in [0.3, 0.4) is 0 Å². The smallest absolute Gasteiger partial charge is 0.550 e. The molecule has 0 spiro atoms. The quantitative estimate of drug-likeness (QED) is 0.0564. The fraction of sp³-hybridized carbons (Fsp3) is 0.842. The predicted molar refractivity (Wildman–Crippen MR) is 199 cm³/mol. The molecule has 0 rings (SSSR count). The van der Waals surface area contributed by atoms with Gasteiger partial charge in [0.2, 0.25) is 0 Å². The fourth-order valence-corrected chi connectivity index (χ4v) is 3.88. The minimum atomic E-state index is -3.06. The number of aliphatic carboxylic acids is 6. The van der Waals surface area contributed by atoms with Crippen LogP contribution in [-0.4, -0.2) is 128 Å². The molecule has 0 aliphatic rings. The number of rotatable bonds is 20. The van der Waals surface area contributed by atoms with Gasteiger partial charge in [-0.3, -0.25) is 0 Å². The molecule has 0 saturated carbocycles. The molecule has 0 fully saturated rings. The summed E-state index contributed by atoms with van der Waals surface area (Å²) in [7, 11) is 0. The number of aliphatic hydroxyl groups is 8. The Morgan fingerprint density at radius 3 is 0.525 bits per heavy atom. The second kappa shape index (κ2) is 57.2. The van der Waals surface area contributed by atoms with Crippen LogP contribution in [0.15, 0.2) is 0 Å². The molecule has 0 aromatic rings. The third kappa shape index (κ3) is 40.4. The summed E-state index contributed by atoms with van der Waals surface area (Å²) in [4.78, 5) is 64.7. The maximum atomic E-state index is 11.0. The molecule has 0 amide bonds. The number of carbonyl (C=O) groups excluding carboxylic acids is 6. The van der Waals surface area contributed by atoms with Gasteiger partial charge in [-0.2, -0.15) is 0 Å². The monoisotopic (exact) mass is 1120 g/mol. The van der Waals surface area contributed by atoms with E-state index in [0.29, 0.717) is 39.6 Å². The molecule has 358 valence electrons. The van der Waals surface area contributed by atoms with Crippen molar-refractivity contribution < 1.29 is 179 Å². The molecule has 61 heavy (non-hydrogen) atoms. The second-order valence-electron chi connectivity index (χ2n) is 11.9. The maximum absolute atomic E-state index is 11.0. The van der Waals surface area contributed by atoms with Gasteiger partial charge in [-0.05, 0) is 64.2 Å². The average molecular weight is 1120 g/mol. The minimum absolute atomic E-state index is 0. The maximum Gasteiger partial charge on any atom is 2.00 e. The standard InChI is InChI=1S/2C10H16O7.6C3H8O.3Zr/c2*1-3-9(4-2,7(13)14)10(17,8(15)16)5-6(11)12;6*1-2-3-4;;;/h2*17H,3-5H2,1-2H3,(H,11,12)(H,13,14)(H,15,16);6*4H,2-3H2,1H3;;;/q;;;;;;;;3*+2/p-6. The third-order valence-electron chi connectivity index (χ3n) is 7.60. The molecule has 0 aliphatic carbocycles. The number of carboxylic acid groups (broad SMARTS) is 6. The predicted octanol–water partition coefficient (Wildman–Crippen LogP) is -5.35. The van der Waals surface area contributed by atoms with Crippen LogP contribution in [0.4, 0.5) is 0 Å². The van der Waals surface area contributed by atoms with Crippen LogP contribution in [0.2, 0.25) is 0 Å². The number of aliphatic hydroxyl groups excluding tert-OH is 6. The van der Waals surface area contributed by atoms with Crippen LogP contribution >= 0.6 is 0 Å². The number of carboxylic acids is 6. The van der Waals surface area contributed by atoms with Crippen LogP contribution in [0.5, 0.6) is 0 Å². The first kappa shape index (κ1) is 87.1. The average Bonchev–Trinajstić information content (AvgIpc) is 3.18. The Labute approximate surface area is 419 Å². The van der Waals surface area contributed by atoms with Gasteiger partial charge in [-0.15, -0.1) is 0 Å². The normalized spacial score (nSPS) is 11.3. The van der Waals surface area contributed by atoms with Crippen molar-refractivity contribution in [1.82, 2.24) is 0 Å². The summed E-state index contributed by atoms with van der Waals surface area (Å²) < 4.78 is 0. The van der Waals surface area contributed by atoms with Gasteiger partial charge in [0.1, 0.15) is 11.2 Å². The molecule has 0 aromatic carbocycles. The van der Waals surface area contributed by atoms with E-state index in [0.717, 1.165) is 38.5 Å². The Hall–Kier alpha value is -0.851. The first-order valence-electron chi connectivity index (χ1n) is 19.2. The van der Waals surface area contributed by atoms with Gasteiger partial charge < -0.3 is 100 Å². The zero-order valence-corrected chi connectivity index (χ0v) is 45.1. The van der Waals surface area contributed by atoms with E-state index in [1.54, 1.807) is 0 Å². The van der Waals surface area contributed by atoms with E-state index in [1.165, 1.54) is 27.7 Å². The van der Waals surface area contributed by atoms with Gasteiger partial charge in [0.15, 0.2) is 0 Å². The molecular weight excluding hydrogens is 1050 g/mol. The van der Waals surface area contributed by atoms with E-state index in [4.69, 9.17) is 30.6 Å². The largest absolute Gasteiger partial charge is 2.00 e. The Kier molecular flexibility index (Phi) is 81.6. The molecule has 20 nitrogen and oxygen atoms in total. The summed E-state index contributed by atoms with van der Waals surface area (Å²) in [5.41, 5.74) is -10.6. The SMILES string of the molecule is CCC(CC)(C(=O)[O-])C(O)(CC(=O)[O-])C(=O)[O-].CCC(CC)(C(=O)[O-])C(O)(CC(=O)[O-])C(=O)[O-].CCCO.CCCO.CCCO.CCCO.CCCO.CCCO.[Zr+2].[Zr+2].[Zr+2]. The Bertz CT molecular complexity index is 907. The second-order valence-corrected chi connectivity index (χ2v) is 11.9. The number of hydrogen-bond donors (Lipinski definition) is 8. The van der Waals surface area contributed by atoms with Crippen molar-refractivity contribution in [2.75, 3.05) is 39.6 Å². The van der Waals surface area contributed by atoms with Gasteiger partial charge in [0.05, 0.1) is 23.9 Å². The molecule has 0 radical (unpaired) electrons. The van der Waals surface area contributed by atoms with Crippen LogP contribution in [0.1, 0.15) is 146 Å². The Morgan fingerprint density at radius 2 is 0.475 bits per heavy atom. The Morgan fingerprint density at radius 1 is 0.344 bits per heavy atom. The summed E-state index contributed by atoms with van der Waals surface area (Å²) in [6, 6.07) is 0. The van der Waals surface area contributed by atoms with Crippen molar-refractivity contribution >= 4 is 35.8 Å². The summed E-state index contributed by atoms with van der Waals surface area (Å²) >= 11 is 0. The molecule has 2 unspecified atom stereocenters. The van der Waals surface area contributed by atoms with Gasteiger partial charge >= 0.3 is 78.6 Å². The first-order valence-corrected chi connectivity index (χ1v) is 19.2. The number of hydrogen-bond acceptors (Lipinski definition) is 20. The molecule has 0 aliphatic heterocycles. The van der Waals surface area contributed by atoms with Crippen molar-refractivity contribution in [3.63, 3.8) is 0 Å². The van der Waals surface area contributed by atoms with E-state index < -0.39 is 70.7 Å². The van der Waals surface area contributed by atoms with E-state index in [2.05, 4.69) is 0 Å². The van der Waals surface area contributed by atoms with Crippen molar-refractivity contribution in [1.29, 1.82) is 0 Å². The van der Waals surface area contributed by atoms with Gasteiger partial charge in [0.25, 0.3) is 0 Å². The van der Waals surface area contributed by atoms with E-state index in [1.807, 2.05) is 41.5 Å². The summed E-state index contributed by atoms with van der Waals surface area (Å²) in [5.74, 6) is -11.8. The Balaban J connectivity index is -0.0000000579. The summed E-state index contributed by atoms with van der Waals surface area (Å²) in [6.07, 6.45) is 1.25. The van der Waals surface area contributed by atoms with Crippen molar-refractivity contribution in [2.24, 2.45) is 10.8 Å². The molecular formula is C38H74O20Zr3. The third-order valence-corrected chi connectivity index (χ3v) is 7.60. The summed E-state index contributed by atoms with van der Waals surface area (Å²) in [5, 5.41) is 132. The molecule has 23 heteroatoms. The van der Waals surface area contributed by atoms with Crippen LogP contribution in [0.25, 0.3) is 0 Å². The first-order chi connectivity index (χ1) is 26.8. The van der Waals surface area contributed by atoms with Crippen molar-refractivity contribution in [2.45, 2.75) is 157 Å². The fourth-order valence-electron chi connectivity index (χ4n) is 3.88. The molecule has 0 aromatic heterocycles. The zero-order chi connectivity index (χ0) is 48.2. The van der Waals surface area contributed by atoms with Gasteiger partial charge in [0, 0.05) is 75.3 Å². The van der Waals surface area contributed by atoms with Gasteiger partial charge in [-0.25, -0.2) is 0 Å².